The van der Waals surface area contributed by atoms with E-state index in [4.69, 9.17) is 0 Å². The topological polar surface area (TPSA) is 32.3 Å². The highest BCUT2D eigenvalue weighted by Gasteiger charge is 2.26. The number of amides is 1. The van der Waals surface area contributed by atoms with Crippen LogP contribution in [0.1, 0.15) is 53.2 Å². The maximum atomic E-state index is 12.9. The van der Waals surface area contributed by atoms with E-state index in [1.807, 2.05) is 0 Å². The van der Waals surface area contributed by atoms with Crippen LogP contribution in [0.25, 0.3) is 0 Å². The Morgan fingerprint density at radius 1 is 1.43 bits per heavy atom. The Kier molecular flexibility index (Phi) is 4.65. The fourth-order valence-corrected chi connectivity index (χ4v) is 4.67. The number of piperidine rings is 1. The zero-order valence-corrected chi connectivity index (χ0v) is 14.0. The summed E-state index contributed by atoms with van der Waals surface area (Å²) in [6, 6.07) is 2.43. The normalized spacial score (nSPS) is 21.6. The predicted molar refractivity (Wildman–Crippen MR) is 88.1 cm³/mol. The first-order valence-corrected chi connectivity index (χ1v) is 9.10. The third-order valence-corrected chi connectivity index (χ3v) is 5.92. The standard InChI is InChI=1S/C17H26N2OS/c1-12(2)19(11-13-5-4-8-18-10-13)17(20)16-9-14-6-3-7-15(14)21-16/h9,12-13,18H,3-8,10-11H2,1-2H3. The van der Waals surface area contributed by atoms with Crippen LogP contribution in [0, 0.1) is 5.92 Å². The van der Waals surface area contributed by atoms with Crippen molar-refractivity contribution in [1.82, 2.24) is 10.2 Å². The van der Waals surface area contributed by atoms with E-state index in [0.717, 1.165) is 30.9 Å². The molecule has 1 N–H and O–H groups in total. The second-order valence-corrected chi connectivity index (χ2v) is 7.81. The fourth-order valence-electron chi connectivity index (χ4n) is 3.46. The van der Waals surface area contributed by atoms with Gasteiger partial charge in [0, 0.05) is 17.5 Å². The van der Waals surface area contributed by atoms with Crippen molar-refractivity contribution in [2.75, 3.05) is 19.6 Å². The van der Waals surface area contributed by atoms with Crippen LogP contribution in [0.3, 0.4) is 0 Å². The molecule has 4 heteroatoms. The SMILES string of the molecule is CC(C)N(CC1CCCNC1)C(=O)c1cc2c(s1)CCC2. The summed E-state index contributed by atoms with van der Waals surface area (Å²) in [5.41, 5.74) is 1.42. The highest BCUT2D eigenvalue weighted by atomic mass is 32.1. The van der Waals surface area contributed by atoms with Crippen LogP contribution in [-0.2, 0) is 12.8 Å². The first kappa shape index (κ1) is 15.0. The van der Waals surface area contributed by atoms with E-state index in [2.05, 4.69) is 30.1 Å². The lowest BCUT2D eigenvalue weighted by Gasteiger charge is -2.32. The van der Waals surface area contributed by atoms with Crippen molar-refractivity contribution in [3.05, 3.63) is 21.4 Å². The lowest BCUT2D eigenvalue weighted by Crippen LogP contribution is -2.44. The summed E-state index contributed by atoms with van der Waals surface area (Å²) in [6.07, 6.45) is 6.06. The highest BCUT2D eigenvalue weighted by molar-refractivity contribution is 7.14. The van der Waals surface area contributed by atoms with Crippen LogP contribution in [0.4, 0.5) is 0 Å². The van der Waals surface area contributed by atoms with Gasteiger partial charge in [0.2, 0.25) is 0 Å². The molecule has 0 aromatic carbocycles. The van der Waals surface area contributed by atoms with E-state index < -0.39 is 0 Å². The quantitative estimate of drug-likeness (QED) is 0.927. The number of carbonyl (C=O) groups excluding carboxylic acids is 1. The Morgan fingerprint density at radius 2 is 2.29 bits per heavy atom. The lowest BCUT2D eigenvalue weighted by molar-refractivity contribution is 0.0666. The van der Waals surface area contributed by atoms with E-state index in [0.29, 0.717) is 5.92 Å². The third kappa shape index (κ3) is 3.32. The average molecular weight is 306 g/mol. The van der Waals surface area contributed by atoms with Gasteiger partial charge in [-0.2, -0.15) is 0 Å². The van der Waals surface area contributed by atoms with Crippen molar-refractivity contribution < 1.29 is 4.79 Å². The number of aryl methyl sites for hydroxylation is 2. The second kappa shape index (κ2) is 6.49. The minimum Gasteiger partial charge on any atom is -0.335 e. The maximum absolute atomic E-state index is 12.9. The molecule has 1 aromatic rings. The summed E-state index contributed by atoms with van der Waals surface area (Å²) < 4.78 is 0. The minimum absolute atomic E-state index is 0.245. The monoisotopic (exact) mass is 306 g/mol. The van der Waals surface area contributed by atoms with E-state index in [1.165, 1.54) is 36.1 Å². The van der Waals surface area contributed by atoms with Gasteiger partial charge >= 0.3 is 0 Å². The molecule has 2 heterocycles. The van der Waals surface area contributed by atoms with E-state index >= 15 is 0 Å². The summed E-state index contributed by atoms with van der Waals surface area (Å²) >= 11 is 1.73. The van der Waals surface area contributed by atoms with Gasteiger partial charge in [0.1, 0.15) is 0 Å². The third-order valence-electron chi connectivity index (χ3n) is 4.70. The summed E-state index contributed by atoms with van der Waals surface area (Å²) in [4.78, 5) is 17.4. The Hall–Kier alpha value is -0.870. The zero-order valence-electron chi connectivity index (χ0n) is 13.2. The molecule has 3 rings (SSSR count). The van der Waals surface area contributed by atoms with Gasteiger partial charge in [-0.05, 0) is 76.6 Å². The summed E-state index contributed by atoms with van der Waals surface area (Å²) in [6.45, 7) is 7.35. The Bertz CT molecular complexity index is 481. The number of fused-ring (bicyclic) bond motifs is 1. The molecule has 21 heavy (non-hydrogen) atoms. The molecule has 1 amide bonds. The van der Waals surface area contributed by atoms with E-state index in [-0.39, 0.29) is 11.9 Å². The molecule has 2 aliphatic rings. The fraction of sp³-hybridized carbons (Fsp3) is 0.706. The van der Waals surface area contributed by atoms with Gasteiger partial charge in [-0.15, -0.1) is 11.3 Å². The molecule has 0 saturated carbocycles. The van der Waals surface area contributed by atoms with Crippen LogP contribution in [-0.4, -0.2) is 36.5 Å². The molecule has 1 aliphatic heterocycles. The Balaban J connectivity index is 1.71. The molecule has 0 spiro atoms. The average Bonchev–Trinajstić information content (AvgIpc) is 3.06. The minimum atomic E-state index is 0.245. The molecule has 0 bridgehead atoms. The summed E-state index contributed by atoms with van der Waals surface area (Å²) in [5, 5.41) is 3.45. The van der Waals surface area contributed by atoms with Crippen molar-refractivity contribution in [1.29, 1.82) is 0 Å². The number of nitrogens with one attached hydrogen (secondary N) is 1. The molecule has 0 radical (unpaired) electrons. The zero-order chi connectivity index (χ0) is 14.8. The molecule has 1 aliphatic carbocycles. The number of thiophene rings is 1. The van der Waals surface area contributed by atoms with Gasteiger partial charge in [0.05, 0.1) is 4.88 Å². The van der Waals surface area contributed by atoms with Crippen LogP contribution < -0.4 is 5.32 Å². The molecule has 3 nitrogen and oxygen atoms in total. The molecule has 1 fully saturated rings. The second-order valence-electron chi connectivity index (χ2n) is 6.68. The maximum Gasteiger partial charge on any atom is 0.264 e. The summed E-state index contributed by atoms with van der Waals surface area (Å²) in [7, 11) is 0. The van der Waals surface area contributed by atoms with Crippen LogP contribution in [0.15, 0.2) is 6.07 Å². The van der Waals surface area contributed by atoms with Gasteiger partial charge in [-0.3, -0.25) is 4.79 Å². The molecule has 1 aromatic heterocycles. The molecule has 1 atom stereocenters. The van der Waals surface area contributed by atoms with Crippen molar-refractivity contribution >= 4 is 17.2 Å². The molecular weight excluding hydrogens is 280 g/mol. The number of hydrogen-bond acceptors (Lipinski definition) is 3. The van der Waals surface area contributed by atoms with Gasteiger partial charge in [0.15, 0.2) is 0 Å². The molecule has 1 unspecified atom stereocenters. The molecule has 116 valence electrons. The largest absolute Gasteiger partial charge is 0.335 e. The van der Waals surface area contributed by atoms with Crippen LogP contribution >= 0.6 is 11.3 Å². The smallest absolute Gasteiger partial charge is 0.264 e. The van der Waals surface area contributed by atoms with Crippen molar-refractivity contribution in [2.45, 2.75) is 52.0 Å². The Labute approximate surface area is 131 Å². The molecular formula is C17H26N2OS. The van der Waals surface area contributed by atoms with Gasteiger partial charge in [0.25, 0.3) is 5.91 Å². The van der Waals surface area contributed by atoms with Crippen molar-refractivity contribution in [2.24, 2.45) is 5.92 Å². The number of rotatable bonds is 4. The molecule has 1 saturated heterocycles. The first-order valence-electron chi connectivity index (χ1n) is 8.28. The van der Waals surface area contributed by atoms with E-state index in [9.17, 15) is 4.79 Å². The number of carbonyl (C=O) groups is 1. The summed E-state index contributed by atoms with van der Waals surface area (Å²) in [5.74, 6) is 0.854. The highest BCUT2D eigenvalue weighted by Crippen LogP contribution is 2.31. The Morgan fingerprint density at radius 3 is 2.95 bits per heavy atom. The predicted octanol–water partition coefficient (Wildman–Crippen LogP) is 3.09. The van der Waals surface area contributed by atoms with E-state index in [1.54, 1.807) is 11.3 Å². The first-order chi connectivity index (χ1) is 10.1. The van der Waals surface area contributed by atoms with Gasteiger partial charge < -0.3 is 10.2 Å². The lowest BCUT2D eigenvalue weighted by atomic mass is 9.98. The van der Waals surface area contributed by atoms with Crippen molar-refractivity contribution in [3.8, 4) is 0 Å². The number of hydrogen-bond donors (Lipinski definition) is 1. The van der Waals surface area contributed by atoms with Crippen LogP contribution in [0.2, 0.25) is 0 Å². The van der Waals surface area contributed by atoms with Gasteiger partial charge in [-0.1, -0.05) is 0 Å². The van der Waals surface area contributed by atoms with Crippen LogP contribution in [0.5, 0.6) is 0 Å². The van der Waals surface area contributed by atoms with Gasteiger partial charge in [-0.25, -0.2) is 0 Å². The van der Waals surface area contributed by atoms with Crippen molar-refractivity contribution in [3.63, 3.8) is 0 Å². The number of nitrogens with zero attached hydrogens (tertiary/aromatic N) is 1.